The van der Waals surface area contributed by atoms with E-state index in [4.69, 9.17) is 21.1 Å². The predicted octanol–water partition coefficient (Wildman–Crippen LogP) is 3.29. The van der Waals surface area contributed by atoms with Gasteiger partial charge < -0.3 is 19.7 Å². The van der Waals surface area contributed by atoms with Crippen molar-refractivity contribution in [3.8, 4) is 17.6 Å². The van der Waals surface area contributed by atoms with Gasteiger partial charge in [0.05, 0.1) is 35.8 Å². The number of piperidine rings is 1. The number of carbonyl (C=O) groups excluding carboxylic acids is 1. The number of halogens is 1. The summed E-state index contributed by atoms with van der Waals surface area (Å²) >= 11 is 6.15. The second-order valence-electron chi connectivity index (χ2n) is 7.72. The van der Waals surface area contributed by atoms with Gasteiger partial charge in [-0.25, -0.2) is 0 Å². The topological polar surface area (TPSA) is 87.5 Å². The highest BCUT2D eigenvalue weighted by Crippen LogP contribution is 2.39. The first-order chi connectivity index (χ1) is 14.5. The molecular formula is C22H23ClN4O3. The first-order valence-corrected chi connectivity index (χ1v) is 10.3. The zero-order valence-corrected chi connectivity index (χ0v) is 17.5. The number of pyridine rings is 1. The van der Waals surface area contributed by atoms with E-state index < -0.39 is 11.5 Å². The summed E-state index contributed by atoms with van der Waals surface area (Å²) in [5.74, 6) is 0.970. The molecule has 2 aromatic rings. The number of carbonyl (C=O) groups is 1. The van der Waals surface area contributed by atoms with E-state index in [-0.39, 0.29) is 5.91 Å². The third-order valence-electron chi connectivity index (χ3n) is 5.84. The lowest BCUT2D eigenvalue weighted by molar-refractivity contribution is -0.140. The quantitative estimate of drug-likeness (QED) is 0.807. The Morgan fingerprint density at radius 1 is 1.40 bits per heavy atom. The number of amides is 1. The van der Waals surface area contributed by atoms with E-state index in [0.29, 0.717) is 55.4 Å². The van der Waals surface area contributed by atoms with Gasteiger partial charge in [0.25, 0.3) is 5.91 Å². The molecule has 1 fully saturated rings. The molecular weight excluding hydrogens is 404 g/mol. The molecule has 30 heavy (non-hydrogen) atoms. The van der Waals surface area contributed by atoms with Crippen LogP contribution in [0.1, 0.15) is 18.4 Å². The molecule has 1 unspecified atom stereocenters. The van der Waals surface area contributed by atoms with E-state index in [1.165, 1.54) is 7.11 Å². The van der Waals surface area contributed by atoms with Crippen LogP contribution in [-0.2, 0) is 11.2 Å². The Morgan fingerprint density at radius 3 is 2.80 bits per heavy atom. The van der Waals surface area contributed by atoms with Crippen LogP contribution in [0.3, 0.4) is 0 Å². The molecule has 0 saturated carbocycles. The number of benzene rings is 1. The van der Waals surface area contributed by atoms with Gasteiger partial charge in [-0.2, -0.15) is 5.26 Å². The third-order valence-corrected chi connectivity index (χ3v) is 6.13. The zero-order chi connectivity index (χ0) is 21.1. The summed E-state index contributed by atoms with van der Waals surface area (Å²) in [7, 11) is 1.54. The van der Waals surface area contributed by atoms with Crippen LogP contribution in [0, 0.1) is 16.7 Å². The lowest BCUT2D eigenvalue weighted by Gasteiger charge is -2.39. The fraction of sp³-hybridized carbons (Fsp3) is 0.409. The molecule has 0 spiro atoms. The Balaban J connectivity index is 1.40. The average molecular weight is 427 g/mol. The van der Waals surface area contributed by atoms with E-state index in [1.807, 2.05) is 12.1 Å². The van der Waals surface area contributed by atoms with Crippen LogP contribution in [-0.4, -0.2) is 48.6 Å². The molecule has 1 N–H and O–H groups in total. The lowest BCUT2D eigenvalue weighted by atomic mass is 9.75. The van der Waals surface area contributed by atoms with Gasteiger partial charge in [0.1, 0.15) is 11.5 Å². The molecule has 1 saturated heterocycles. The third kappa shape index (κ3) is 4.01. The van der Waals surface area contributed by atoms with Crippen LogP contribution in [0.25, 0.3) is 0 Å². The maximum atomic E-state index is 13.1. The fourth-order valence-corrected chi connectivity index (χ4v) is 4.28. The predicted molar refractivity (Wildman–Crippen MR) is 113 cm³/mol. The van der Waals surface area contributed by atoms with Gasteiger partial charge in [0, 0.05) is 31.5 Å². The second kappa shape index (κ2) is 8.41. The number of hydrogen-bond acceptors (Lipinski definition) is 6. The van der Waals surface area contributed by atoms with Crippen LogP contribution in [0.5, 0.6) is 11.5 Å². The summed E-state index contributed by atoms with van der Waals surface area (Å²) in [6.07, 6.45) is 4.80. The molecule has 0 aliphatic carbocycles. The minimum absolute atomic E-state index is 0.0717. The van der Waals surface area contributed by atoms with Crippen molar-refractivity contribution in [3.63, 3.8) is 0 Å². The van der Waals surface area contributed by atoms with Crippen molar-refractivity contribution >= 4 is 23.2 Å². The number of nitrogens with one attached hydrogen (secondary N) is 1. The second-order valence-corrected chi connectivity index (χ2v) is 8.13. The van der Waals surface area contributed by atoms with E-state index in [0.717, 1.165) is 11.3 Å². The fourth-order valence-electron chi connectivity index (χ4n) is 4.04. The van der Waals surface area contributed by atoms with Crippen LogP contribution in [0.4, 0.5) is 5.69 Å². The molecule has 1 amide bonds. The number of anilines is 1. The number of fused-ring (bicyclic) bond motifs is 1. The lowest BCUT2D eigenvalue weighted by Crippen LogP contribution is -2.51. The minimum Gasteiger partial charge on any atom is -0.495 e. The highest BCUT2D eigenvalue weighted by atomic mass is 35.5. The van der Waals surface area contributed by atoms with Gasteiger partial charge in [0.15, 0.2) is 6.10 Å². The van der Waals surface area contributed by atoms with Crippen molar-refractivity contribution in [2.75, 3.05) is 32.1 Å². The highest BCUT2D eigenvalue weighted by molar-refractivity contribution is 6.32. The maximum absolute atomic E-state index is 13.1. The molecule has 0 radical (unpaired) electrons. The Hall–Kier alpha value is -2.98. The molecule has 2 aliphatic rings. The molecule has 156 valence electrons. The molecule has 1 aromatic heterocycles. The van der Waals surface area contributed by atoms with Crippen LogP contribution in [0.2, 0.25) is 5.02 Å². The molecule has 7 nitrogen and oxygen atoms in total. The molecule has 8 heteroatoms. The SMILES string of the molecule is COc1cc2c(cc1Cl)NCC(C(=O)N1CCC(C#N)(Cc3ccncc3)CC1)O2. The largest absolute Gasteiger partial charge is 0.495 e. The monoisotopic (exact) mass is 426 g/mol. The van der Waals surface area contributed by atoms with E-state index in [9.17, 15) is 10.1 Å². The molecule has 0 bridgehead atoms. The van der Waals surface area contributed by atoms with Crippen molar-refractivity contribution < 1.29 is 14.3 Å². The van der Waals surface area contributed by atoms with Crippen LogP contribution >= 0.6 is 11.6 Å². The number of nitrogens with zero attached hydrogens (tertiary/aromatic N) is 3. The van der Waals surface area contributed by atoms with E-state index >= 15 is 0 Å². The first-order valence-electron chi connectivity index (χ1n) is 9.90. The number of methoxy groups -OCH3 is 1. The van der Waals surface area contributed by atoms with E-state index in [2.05, 4.69) is 16.4 Å². The Kier molecular flexibility index (Phi) is 5.69. The molecule has 1 aromatic carbocycles. The summed E-state index contributed by atoms with van der Waals surface area (Å²) in [5.41, 5.74) is 1.38. The summed E-state index contributed by atoms with van der Waals surface area (Å²) in [6.45, 7) is 1.44. The summed E-state index contributed by atoms with van der Waals surface area (Å²) in [6, 6.07) is 9.81. The number of likely N-dealkylation sites (tertiary alicyclic amines) is 1. The van der Waals surface area contributed by atoms with Crippen molar-refractivity contribution in [3.05, 3.63) is 47.2 Å². The van der Waals surface area contributed by atoms with Crippen molar-refractivity contribution in [2.24, 2.45) is 5.41 Å². The number of ether oxygens (including phenoxy) is 2. The molecule has 4 rings (SSSR count). The van der Waals surface area contributed by atoms with Gasteiger partial charge >= 0.3 is 0 Å². The van der Waals surface area contributed by atoms with Crippen molar-refractivity contribution in [1.82, 2.24) is 9.88 Å². The molecule has 2 aliphatic heterocycles. The normalized spacial score (nSPS) is 19.6. The summed E-state index contributed by atoms with van der Waals surface area (Å²) < 4.78 is 11.2. The highest BCUT2D eigenvalue weighted by Gasteiger charge is 2.39. The standard InChI is InChI=1S/C22H23ClN4O3/c1-29-18-11-19-17(10-16(18)23)26-13-20(30-19)21(28)27-8-4-22(14-24,5-9-27)12-15-2-6-25-7-3-15/h2-3,6-7,10-11,20,26H,4-5,8-9,12-13H2,1H3. The smallest absolute Gasteiger partial charge is 0.265 e. The minimum atomic E-state index is -0.627. The number of rotatable bonds is 4. The zero-order valence-electron chi connectivity index (χ0n) is 16.7. The van der Waals surface area contributed by atoms with Gasteiger partial charge in [-0.05, 0) is 43.0 Å². The first kappa shape index (κ1) is 20.3. The van der Waals surface area contributed by atoms with Gasteiger partial charge in [0.2, 0.25) is 0 Å². The number of nitriles is 1. The summed E-state index contributed by atoms with van der Waals surface area (Å²) in [5, 5.41) is 13.5. The van der Waals surface area contributed by atoms with Gasteiger partial charge in [-0.1, -0.05) is 11.6 Å². The number of aromatic nitrogens is 1. The van der Waals surface area contributed by atoms with Crippen LogP contribution in [0.15, 0.2) is 36.7 Å². The van der Waals surface area contributed by atoms with Crippen molar-refractivity contribution in [1.29, 1.82) is 5.26 Å². The van der Waals surface area contributed by atoms with Gasteiger partial charge in [-0.15, -0.1) is 0 Å². The van der Waals surface area contributed by atoms with Gasteiger partial charge in [-0.3, -0.25) is 9.78 Å². The Bertz CT molecular complexity index is 968. The molecule has 3 heterocycles. The molecule has 1 atom stereocenters. The van der Waals surface area contributed by atoms with Crippen molar-refractivity contribution in [2.45, 2.75) is 25.4 Å². The summed E-state index contributed by atoms with van der Waals surface area (Å²) in [4.78, 5) is 18.9. The van der Waals surface area contributed by atoms with E-state index in [1.54, 1.807) is 29.4 Å². The Labute approximate surface area is 180 Å². The Morgan fingerprint density at radius 2 is 2.13 bits per heavy atom. The maximum Gasteiger partial charge on any atom is 0.265 e. The van der Waals surface area contributed by atoms with Crippen LogP contribution < -0.4 is 14.8 Å². The average Bonchev–Trinajstić information content (AvgIpc) is 2.79. The number of hydrogen-bond donors (Lipinski definition) is 1.